The number of carbonyl (C=O) groups excluding carboxylic acids is 2. The van der Waals surface area contributed by atoms with Crippen LogP contribution in [0.25, 0.3) is 17.2 Å². The molecule has 5 nitrogen and oxygen atoms in total. The van der Waals surface area contributed by atoms with E-state index in [4.69, 9.17) is 11.6 Å². The van der Waals surface area contributed by atoms with Crippen molar-refractivity contribution in [1.82, 2.24) is 4.98 Å². The molecule has 4 rings (SSSR count). The zero-order valence-electron chi connectivity index (χ0n) is 22.7. The molecule has 2 aromatic carbocycles. The standard InChI is InChI=1S/C31H34ClN3O2/c1-22(36)9-10-23-17-29(20-33-19-23)35(31(37)25-7-5-4-6-8-25)21-27-12-11-26(18-30(27)32)24-13-15-28(16-14-24)34(2)3/h9-20,25H,4-8,21H2,1-3H3/b10-9+/i21D. The van der Waals surface area contributed by atoms with Crippen molar-refractivity contribution in [3.05, 3.63) is 83.2 Å². The Hall–Kier alpha value is -3.44. The molecule has 1 saturated carbocycles. The lowest BCUT2D eigenvalue weighted by atomic mass is 9.88. The van der Waals surface area contributed by atoms with E-state index in [-0.39, 0.29) is 17.6 Å². The topological polar surface area (TPSA) is 53.5 Å². The van der Waals surface area contributed by atoms with E-state index in [1.165, 1.54) is 17.9 Å². The minimum Gasteiger partial charge on any atom is -0.378 e. The van der Waals surface area contributed by atoms with E-state index >= 15 is 0 Å². The molecule has 192 valence electrons. The number of nitrogens with zero attached hydrogens (tertiary/aromatic N) is 3. The van der Waals surface area contributed by atoms with Crippen molar-refractivity contribution in [2.24, 2.45) is 5.92 Å². The van der Waals surface area contributed by atoms with Crippen LogP contribution in [-0.4, -0.2) is 30.8 Å². The molecule has 1 fully saturated rings. The summed E-state index contributed by atoms with van der Waals surface area (Å²) in [7, 11) is 4.00. The molecule has 0 aliphatic heterocycles. The summed E-state index contributed by atoms with van der Waals surface area (Å²) in [4.78, 5) is 33.1. The number of hydrogen-bond donors (Lipinski definition) is 0. The molecule has 6 heteroatoms. The molecule has 0 radical (unpaired) electrons. The number of anilines is 2. The SMILES string of the molecule is [2H]C(c1ccc(-c2ccc(N(C)C)cc2)cc1Cl)N(C(=O)C1CCCCC1)c1cncc(/C=C/C(C)=O)c1. The van der Waals surface area contributed by atoms with Crippen molar-refractivity contribution in [3.63, 3.8) is 0 Å². The molecule has 3 aromatic rings. The first-order valence-electron chi connectivity index (χ1n) is 13.3. The lowest BCUT2D eigenvalue weighted by molar-refractivity contribution is -0.123. The monoisotopic (exact) mass is 516 g/mol. The zero-order valence-corrected chi connectivity index (χ0v) is 22.4. The highest BCUT2D eigenvalue weighted by Gasteiger charge is 2.28. The lowest BCUT2D eigenvalue weighted by Crippen LogP contribution is -2.37. The fourth-order valence-electron chi connectivity index (χ4n) is 4.60. The van der Waals surface area contributed by atoms with Crippen molar-refractivity contribution in [2.75, 3.05) is 23.9 Å². The number of benzene rings is 2. The van der Waals surface area contributed by atoms with E-state index < -0.39 is 6.52 Å². The van der Waals surface area contributed by atoms with Crippen molar-refractivity contribution >= 4 is 40.7 Å². The van der Waals surface area contributed by atoms with Gasteiger partial charge >= 0.3 is 0 Å². The number of pyridine rings is 1. The molecule has 0 N–H and O–H groups in total. The van der Waals surface area contributed by atoms with Crippen molar-refractivity contribution in [2.45, 2.75) is 45.5 Å². The van der Waals surface area contributed by atoms with Gasteiger partial charge in [0.25, 0.3) is 0 Å². The lowest BCUT2D eigenvalue weighted by Gasteiger charge is -2.30. The van der Waals surface area contributed by atoms with Crippen LogP contribution in [0.3, 0.4) is 0 Å². The van der Waals surface area contributed by atoms with Crippen LogP contribution in [0.4, 0.5) is 11.4 Å². The van der Waals surface area contributed by atoms with Gasteiger partial charge in [0.2, 0.25) is 5.91 Å². The Morgan fingerprint density at radius 1 is 1.00 bits per heavy atom. The number of hydrogen-bond acceptors (Lipinski definition) is 4. The summed E-state index contributed by atoms with van der Waals surface area (Å²) < 4.78 is 9.20. The predicted molar refractivity (Wildman–Crippen MR) is 153 cm³/mol. The van der Waals surface area contributed by atoms with Crippen molar-refractivity contribution in [1.29, 1.82) is 0 Å². The highest BCUT2D eigenvalue weighted by molar-refractivity contribution is 6.31. The summed E-state index contributed by atoms with van der Waals surface area (Å²) in [5.74, 6) is -0.299. The fourth-order valence-corrected chi connectivity index (χ4v) is 4.82. The minimum atomic E-state index is -1.05. The molecule has 1 amide bonds. The van der Waals surface area contributed by atoms with Crippen LogP contribution in [0.15, 0.2) is 67.0 Å². The number of halogens is 1. The summed E-state index contributed by atoms with van der Waals surface area (Å²) >= 11 is 6.76. The van der Waals surface area contributed by atoms with Gasteiger partial charge in [-0.3, -0.25) is 14.6 Å². The summed E-state index contributed by atoms with van der Waals surface area (Å²) in [6.45, 7) is 0.436. The highest BCUT2D eigenvalue weighted by atomic mass is 35.5. The van der Waals surface area contributed by atoms with E-state index in [2.05, 4.69) is 17.1 Å². The Morgan fingerprint density at radius 3 is 2.35 bits per heavy atom. The Labute approximate surface area is 226 Å². The second kappa shape index (κ2) is 12.2. The summed E-state index contributed by atoms with van der Waals surface area (Å²) in [5.41, 5.74) is 4.83. The quantitative estimate of drug-likeness (QED) is 0.297. The molecule has 1 aromatic heterocycles. The first kappa shape index (κ1) is 25.2. The average Bonchev–Trinajstić information content (AvgIpc) is 2.92. The smallest absolute Gasteiger partial charge is 0.230 e. The molecule has 1 atom stereocenters. The molecule has 0 saturated heterocycles. The normalized spacial score (nSPS) is 15.3. The van der Waals surface area contributed by atoms with E-state index in [1.807, 2.05) is 49.3 Å². The second-order valence-electron chi connectivity index (χ2n) is 9.77. The maximum Gasteiger partial charge on any atom is 0.230 e. The van der Waals surface area contributed by atoms with E-state index in [0.717, 1.165) is 48.9 Å². The van der Waals surface area contributed by atoms with Gasteiger partial charge in [-0.15, -0.1) is 0 Å². The van der Waals surface area contributed by atoms with E-state index in [1.54, 1.807) is 24.5 Å². The molecular weight excluding hydrogens is 482 g/mol. The Balaban J connectivity index is 1.69. The highest BCUT2D eigenvalue weighted by Crippen LogP contribution is 2.32. The van der Waals surface area contributed by atoms with Crippen LogP contribution >= 0.6 is 11.6 Å². The Bertz CT molecular complexity index is 1320. The van der Waals surface area contributed by atoms with Gasteiger partial charge < -0.3 is 9.80 Å². The van der Waals surface area contributed by atoms with E-state index in [9.17, 15) is 11.0 Å². The number of amides is 1. The van der Waals surface area contributed by atoms with Gasteiger partial charge in [0, 0.05) is 36.9 Å². The summed E-state index contributed by atoms with van der Waals surface area (Å²) in [5, 5.41) is 0.432. The van der Waals surface area contributed by atoms with Gasteiger partial charge in [-0.05, 0) is 78.4 Å². The first-order valence-corrected chi connectivity index (χ1v) is 13.1. The van der Waals surface area contributed by atoms with Gasteiger partial charge in [0.1, 0.15) is 0 Å². The molecule has 37 heavy (non-hydrogen) atoms. The number of ketones is 1. The van der Waals surface area contributed by atoms with Crippen LogP contribution in [0.5, 0.6) is 0 Å². The molecule has 1 unspecified atom stereocenters. The number of allylic oxidation sites excluding steroid dienone is 1. The maximum atomic E-state index is 13.8. The molecule has 1 aliphatic carbocycles. The molecule has 1 aliphatic rings. The van der Waals surface area contributed by atoms with Gasteiger partial charge in [-0.1, -0.05) is 55.1 Å². The molecule has 0 spiro atoms. The third-order valence-corrected chi connectivity index (χ3v) is 7.04. The average molecular weight is 517 g/mol. The fraction of sp³-hybridized carbons (Fsp3) is 0.323. The van der Waals surface area contributed by atoms with Crippen LogP contribution < -0.4 is 9.80 Å². The van der Waals surface area contributed by atoms with Crippen LogP contribution in [0.1, 0.15) is 51.5 Å². The molecular formula is C31H34ClN3O2. The van der Waals surface area contributed by atoms with Crippen LogP contribution in [0, 0.1) is 5.92 Å². The number of aromatic nitrogens is 1. The second-order valence-corrected chi connectivity index (χ2v) is 10.2. The summed E-state index contributed by atoms with van der Waals surface area (Å²) in [6.07, 6.45) is 11.1. The van der Waals surface area contributed by atoms with Gasteiger partial charge in [-0.25, -0.2) is 0 Å². The summed E-state index contributed by atoms with van der Waals surface area (Å²) in [6, 6.07) is 15.6. The Morgan fingerprint density at radius 2 is 1.70 bits per heavy atom. The largest absolute Gasteiger partial charge is 0.378 e. The third kappa shape index (κ3) is 6.86. The number of rotatable bonds is 8. The zero-order chi connectivity index (χ0) is 27.2. The van der Waals surface area contributed by atoms with Gasteiger partial charge in [0.15, 0.2) is 5.78 Å². The van der Waals surface area contributed by atoms with Crippen molar-refractivity contribution in [3.8, 4) is 11.1 Å². The number of carbonyl (C=O) groups is 2. The maximum absolute atomic E-state index is 13.8. The molecule has 1 heterocycles. The first-order chi connectivity index (χ1) is 18.2. The third-order valence-electron chi connectivity index (χ3n) is 6.71. The van der Waals surface area contributed by atoms with Gasteiger partial charge in [-0.2, -0.15) is 0 Å². The van der Waals surface area contributed by atoms with Crippen LogP contribution in [0.2, 0.25) is 5.02 Å². The Kier molecular flexibility index (Phi) is 8.32. The molecule has 0 bridgehead atoms. The predicted octanol–water partition coefficient (Wildman–Crippen LogP) is 7.18. The van der Waals surface area contributed by atoms with E-state index in [0.29, 0.717) is 21.8 Å². The van der Waals surface area contributed by atoms with Crippen molar-refractivity contribution < 1.29 is 11.0 Å². The van der Waals surface area contributed by atoms with Crippen LogP contribution in [-0.2, 0) is 16.1 Å². The minimum absolute atomic E-state index is 0.0767. The van der Waals surface area contributed by atoms with Gasteiger partial charge in [0.05, 0.1) is 19.8 Å².